The van der Waals surface area contributed by atoms with Crippen molar-refractivity contribution in [1.29, 1.82) is 0 Å². The zero-order chi connectivity index (χ0) is 17.0. The zero-order valence-electron chi connectivity index (χ0n) is 12.8. The van der Waals surface area contributed by atoms with Crippen LogP contribution in [0.4, 0.5) is 14.5 Å². The smallest absolute Gasteiger partial charge is 0.262 e. The Morgan fingerprint density at radius 3 is 2.92 bits per heavy atom. The van der Waals surface area contributed by atoms with Crippen LogP contribution in [0.2, 0.25) is 0 Å². The average molecular weight is 333 g/mol. The third-order valence-corrected chi connectivity index (χ3v) is 3.64. The van der Waals surface area contributed by atoms with Crippen molar-refractivity contribution in [3.63, 3.8) is 0 Å². The lowest BCUT2D eigenvalue weighted by Crippen LogP contribution is -2.35. The highest BCUT2D eigenvalue weighted by atomic mass is 19.3. The van der Waals surface area contributed by atoms with Gasteiger partial charge in [0.05, 0.1) is 18.3 Å². The summed E-state index contributed by atoms with van der Waals surface area (Å²) in [4.78, 5) is 16.2. The molecule has 1 aliphatic heterocycles. The molecule has 1 amide bonds. The molecule has 2 aromatic rings. The van der Waals surface area contributed by atoms with Gasteiger partial charge in [0, 0.05) is 24.4 Å². The summed E-state index contributed by atoms with van der Waals surface area (Å²) in [6, 6.07) is 11.4. The number of aromatic nitrogens is 1. The molecule has 2 N–H and O–H groups in total. The molecule has 1 aromatic carbocycles. The van der Waals surface area contributed by atoms with Crippen molar-refractivity contribution in [1.82, 2.24) is 10.3 Å². The first kappa shape index (κ1) is 16.3. The molecule has 1 aliphatic rings. The highest BCUT2D eigenvalue weighted by Gasteiger charge is 2.42. The molecule has 1 saturated heterocycles. The van der Waals surface area contributed by atoms with Gasteiger partial charge >= 0.3 is 0 Å². The number of nitrogens with zero attached hydrogens (tertiary/aromatic N) is 1. The molecular weight excluding hydrogens is 316 g/mol. The summed E-state index contributed by atoms with van der Waals surface area (Å²) in [6.07, 6.45) is 1.19. The minimum Gasteiger partial charge on any atom is -0.487 e. The van der Waals surface area contributed by atoms with E-state index in [1.165, 1.54) is 0 Å². The van der Waals surface area contributed by atoms with Gasteiger partial charge in [-0.1, -0.05) is 12.1 Å². The number of amides is 1. The Hall–Kier alpha value is -2.54. The van der Waals surface area contributed by atoms with E-state index in [0.29, 0.717) is 18.0 Å². The molecule has 1 atom stereocenters. The molecule has 7 heteroatoms. The SMILES string of the molecule is O=C(Nc1cccc(OCc2ccccn2)c1)C1CC(F)(F)CN1. The second-order valence-electron chi connectivity index (χ2n) is 5.62. The Kier molecular flexibility index (Phi) is 4.71. The third-order valence-electron chi connectivity index (χ3n) is 3.64. The summed E-state index contributed by atoms with van der Waals surface area (Å²) in [5.41, 5.74) is 1.28. The summed E-state index contributed by atoms with van der Waals surface area (Å²) in [5, 5.41) is 5.16. The average Bonchev–Trinajstić information content (AvgIpc) is 2.94. The summed E-state index contributed by atoms with van der Waals surface area (Å²) >= 11 is 0. The molecule has 24 heavy (non-hydrogen) atoms. The lowest BCUT2D eigenvalue weighted by molar-refractivity contribution is -0.118. The van der Waals surface area contributed by atoms with Crippen molar-refractivity contribution in [3.8, 4) is 5.75 Å². The second kappa shape index (κ2) is 6.92. The van der Waals surface area contributed by atoms with Crippen LogP contribution in [0.5, 0.6) is 5.75 Å². The number of carbonyl (C=O) groups excluding carboxylic acids is 1. The number of benzene rings is 1. The fourth-order valence-electron chi connectivity index (χ4n) is 2.43. The maximum absolute atomic E-state index is 13.2. The van der Waals surface area contributed by atoms with Crippen LogP contribution in [0.1, 0.15) is 12.1 Å². The van der Waals surface area contributed by atoms with E-state index >= 15 is 0 Å². The normalized spacial score (nSPS) is 19.0. The number of anilines is 1. The minimum atomic E-state index is -2.84. The molecule has 0 bridgehead atoms. The first-order chi connectivity index (χ1) is 11.5. The van der Waals surface area contributed by atoms with Gasteiger partial charge in [-0.05, 0) is 24.3 Å². The molecule has 5 nitrogen and oxygen atoms in total. The molecule has 0 radical (unpaired) electrons. The Balaban J connectivity index is 1.58. The van der Waals surface area contributed by atoms with Crippen molar-refractivity contribution in [3.05, 3.63) is 54.4 Å². The standard InChI is InChI=1S/C17H17F2N3O2/c18-17(19)9-15(21-11-17)16(23)22-12-5-3-6-14(8-12)24-10-13-4-1-2-7-20-13/h1-8,15,21H,9-11H2,(H,22,23). The molecule has 1 aromatic heterocycles. The molecule has 3 rings (SSSR count). The topological polar surface area (TPSA) is 63.2 Å². The first-order valence-corrected chi connectivity index (χ1v) is 7.57. The summed E-state index contributed by atoms with van der Waals surface area (Å²) in [7, 11) is 0. The first-order valence-electron chi connectivity index (χ1n) is 7.57. The number of rotatable bonds is 5. The van der Waals surface area contributed by atoms with E-state index in [2.05, 4.69) is 15.6 Å². The quantitative estimate of drug-likeness (QED) is 0.883. The predicted octanol–water partition coefficient (Wildman–Crippen LogP) is 2.60. The molecule has 0 aliphatic carbocycles. The molecular formula is C17H17F2N3O2. The zero-order valence-corrected chi connectivity index (χ0v) is 12.8. The van der Waals surface area contributed by atoms with Crippen LogP contribution < -0.4 is 15.4 Å². The van der Waals surface area contributed by atoms with Crippen molar-refractivity contribution in [2.45, 2.75) is 25.0 Å². The van der Waals surface area contributed by atoms with E-state index in [4.69, 9.17) is 4.74 Å². The van der Waals surface area contributed by atoms with E-state index in [1.54, 1.807) is 30.5 Å². The maximum atomic E-state index is 13.2. The molecule has 0 spiro atoms. The van der Waals surface area contributed by atoms with E-state index in [9.17, 15) is 13.6 Å². The molecule has 0 saturated carbocycles. The van der Waals surface area contributed by atoms with Crippen LogP contribution in [-0.4, -0.2) is 29.4 Å². The van der Waals surface area contributed by atoms with E-state index in [1.807, 2.05) is 18.2 Å². The fraction of sp³-hybridized carbons (Fsp3) is 0.294. The number of hydrogen-bond acceptors (Lipinski definition) is 4. The van der Waals surface area contributed by atoms with Gasteiger partial charge in [0.1, 0.15) is 12.4 Å². The van der Waals surface area contributed by atoms with Crippen LogP contribution in [0.15, 0.2) is 48.7 Å². The lowest BCUT2D eigenvalue weighted by Gasteiger charge is -2.12. The minimum absolute atomic E-state index is 0.300. The lowest BCUT2D eigenvalue weighted by atomic mass is 10.2. The van der Waals surface area contributed by atoms with Crippen molar-refractivity contribution in [2.24, 2.45) is 0 Å². The maximum Gasteiger partial charge on any atom is 0.262 e. The Labute approximate surface area is 138 Å². The van der Waals surface area contributed by atoms with Crippen molar-refractivity contribution >= 4 is 11.6 Å². The van der Waals surface area contributed by atoms with Crippen LogP contribution in [0, 0.1) is 0 Å². The van der Waals surface area contributed by atoms with Crippen LogP contribution in [-0.2, 0) is 11.4 Å². The van der Waals surface area contributed by atoms with Crippen LogP contribution >= 0.6 is 0 Å². The monoisotopic (exact) mass is 333 g/mol. The predicted molar refractivity (Wildman–Crippen MR) is 85.0 cm³/mol. The third kappa shape index (κ3) is 4.26. The Morgan fingerprint density at radius 1 is 1.33 bits per heavy atom. The summed E-state index contributed by atoms with van der Waals surface area (Å²) < 4.78 is 31.9. The number of hydrogen-bond donors (Lipinski definition) is 2. The molecule has 1 unspecified atom stereocenters. The number of halogens is 2. The molecule has 1 fully saturated rings. The number of pyridine rings is 1. The van der Waals surface area contributed by atoms with E-state index in [-0.39, 0.29) is 0 Å². The van der Waals surface area contributed by atoms with E-state index in [0.717, 1.165) is 5.69 Å². The van der Waals surface area contributed by atoms with E-state index < -0.39 is 30.8 Å². The summed E-state index contributed by atoms with van der Waals surface area (Å²) in [5.74, 6) is -2.76. The van der Waals surface area contributed by atoms with Crippen molar-refractivity contribution in [2.75, 3.05) is 11.9 Å². The number of ether oxygens (including phenoxy) is 1. The van der Waals surface area contributed by atoms with Gasteiger partial charge in [-0.25, -0.2) is 8.78 Å². The summed E-state index contributed by atoms with van der Waals surface area (Å²) in [6.45, 7) is -0.174. The fourth-order valence-corrected chi connectivity index (χ4v) is 2.43. The highest BCUT2D eigenvalue weighted by Crippen LogP contribution is 2.26. The van der Waals surface area contributed by atoms with Crippen LogP contribution in [0.25, 0.3) is 0 Å². The number of nitrogens with one attached hydrogen (secondary N) is 2. The second-order valence-corrected chi connectivity index (χ2v) is 5.62. The Morgan fingerprint density at radius 2 is 2.21 bits per heavy atom. The van der Waals surface area contributed by atoms with Gasteiger partial charge in [0.15, 0.2) is 0 Å². The largest absolute Gasteiger partial charge is 0.487 e. The van der Waals surface area contributed by atoms with Crippen LogP contribution in [0.3, 0.4) is 0 Å². The molecule has 2 heterocycles. The number of alkyl halides is 2. The van der Waals surface area contributed by atoms with Gasteiger partial charge in [0.25, 0.3) is 5.92 Å². The van der Waals surface area contributed by atoms with Gasteiger partial charge < -0.3 is 10.1 Å². The van der Waals surface area contributed by atoms with Crippen molar-refractivity contribution < 1.29 is 18.3 Å². The Bertz CT molecular complexity index is 710. The number of carbonyl (C=O) groups is 1. The van der Waals surface area contributed by atoms with Gasteiger partial charge in [-0.3, -0.25) is 15.1 Å². The highest BCUT2D eigenvalue weighted by molar-refractivity contribution is 5.95. The molecule has 126 valence electrons. The van der Waals surface area contributed by atoms with Gasteiger partial charge in [-0.15, -0.1) is 0 Å². The van der Waals surface area contributed by atoms with Gasteiger partial charge in [-0.2, -0.15) is 0 Å². The van der Waals surface area contributed by atoms with Gasteiger partial charge in [0.2, 0.25) is 5.91 Å².